The molecule has 2 rings (SSSR count). The first-order valence-electron chi connectivity index (χ1n) is 6.08. The fraction of sp³-hybridized carbons (Fsp3) is 0.308. The maximum Gasteiger partial charge on any atom is 0.273 e. The van der Waals surface area contributed by atoms with E-state index in [1.54, 1.807) is 18.3 Å². The predicted octanol–water partition coefficient (Wildman–Crippen LogP) is 1.66. The third kappa shape index (κ3) is 3.38. The molecular formula is C13H16N4O2. The summed E-state index contributed by atoms with van der Waals surface area (Å²) in [6, 6.07) is 8.75. The van der Waals surface area contributed by atoms with Gasteiger partial charge < -0.3 is 5.32 Å². The van der Waals surface area contributed by atoms with Gasteiger partial charge in [0, 0.05) is 50.1 Å². The number of nitro benzene ring substituents is 1. The molecule has 6 nitrogen and oxygen atoms in total. The largest absolute Gasteiger partial charge is 0.312 e. The van der Waals surface area contributed by atoms with E-state index < -0.39 is 0 Å². The molecule has 0 atom stereocenters. The molecule has 2 aromatic rings. The highest BCUT2D eigenvalue weighted by atomic mass is 16.6. The maximum atomic E-state index is 10.9. The van der Waals surface area contributed by atoms with Gasteiger partial charge in [0.05, 0.1) is 4.92 Å². The zero-order chi connectivity index (χ0) is 13.7. The zero-order valence-electron chi connectivity index (χ0n) is 10.7. The van der Waals surface area contributed by atoms with E-state index in [0.717, 1.165) is 18.7 Å². The molecule has 0 unspecified atom stereocenters. The second-order valence-corrected chi connectivity index (χ2v) is 4.26. The number of nitro groups is 1. The minimum atomic E-state index is -0.349. The van der Waals surface area contributed by atoms with Crippen LogP contribution in [0.15, 0.2) is 36.5 Å². The number of rotatable bonds is 6. The van der Waals surface area contributed by atoms with Crippen LogP contribution in [-0.4, -0.2) is 21.2 Å². The van der Waals surface area contributed by atoms with Crippen molar-refractivity contribution in [3.63, 3.8) is 0 Å². The molecule has 6 heteroatoms. The lowest BCUT2D eigenvalue weighted by atomic mass is 10.2. The van der Waals surface area contributed by atoms with Crippen molar-refractivity contribution in [2.45, 2.75) is 13.0 Å². The van der Waals surface area contributed by atoms with Crippen molar-refractivity contribution >= 4 is 5.69 Å². The summed E-state index contributed by atoms with van der Waals surface area (Å²) < 4.78 is 1.83. The highest BCUT2D eigenvalue weighted by Crippen LogP contribution is 2.16. The fourth-order valence-corrected chi connectivity index (χ4v) is 1.92. The summed E-state index contributed by atoms with van der Waals surface area (Å²) in [5.41, 5.74) is 2.00. The van der Waals surface area contributed by atoms with Gasteiger partial charge in [-0.1, -0.05) is 18.2 Å². The van der Waals surface area contributed by atoms with E-state index in [0.29, 0.717) is 12.1 Å². The smallest absolute Gasteiger partial charge is 0.273 e. The second-order valence-electron chi connectivity index (χ2n) is 4.26. The number of benzene rings is 1. The first-order valence-corrected chi connectivity index (χ1v) is 6.08. The van der Waals surface area contributed by atoms with E-state index in [2.05, 4.69) is 10.4 Å². The number of aromatic nitrogens is 2. The number of nitrogens with one attached hydrogen (secondary N) is 1. The molecule has 0 aliphatic heterocycles. The van der Waals surface area contributed by atoms with Gasteiger partial charge in [0.2, 0.25) is 0 Å². The van der Waals surface area contributed by atoms with Gasteiger partial charge in [0.1, 0.15) is 0 Å². The average molecular weight is 260 g/mol. The highest BCUT2D eigenvalue weighted by Gasteiger charge is 2.11. The highest BCUT2D eigenvalue weighted by molar-refractivity contribution is 5.39. The summed E-state index contributed by atoms with van der Waals surface area (Å²) in [4.78, 5) is 10.5. The number of hydrogen-bond donors (Lipinski definition) is 1. The molecule has 100 valence electrons. The summed E-state index contributed by atoms with van der Waals surface area (Å²) in [6.45, 7) is 1.25. The van der Waals surface area contributed by atoms with Crippen molar-refractivity contribution in [3.05, 3.63) is 57.9 Å². The van der Waals surface area contributed by atoms with Crippen LogP contribution in [0.4, 0.5) is 5.69 Å². The average Bonchev–Trinajstić information content (AvgIpc) is 2.80. The van der Waals surface area contributed by atoms with Crippen LogP contribution < -0.4 is 5.32 Å². The predicted molar refractivity (Wildman–Crippen MR) is 71.7 cm³/mol. The van der Waals surface area contributed by atoms with E-state index in [-0.39, 0.29) is 10.6 Å². The summed E-state index contributed by atoms with van der Waals surface area (Å²) in [6.07, 6.45) is 2.61. The van der Waals surface area contributed by atoms with E-state index in [9.17, 15) is 10.1 Å². The normalized spacial score (nSPS) is 10.6. The van der Waals surface area contributed by atoms with Crippen LogP contribution in [0.5, 0.6) is 0 Å². The summed E-state index contributed by atoms with van der Waals surface area (Å²) in [5, 5.41) is 18.2. The Morgan fingerprint density at radius 3 is 2.84 bits per heavy atom. The zero-order valence-corrected chi connectivity index (χ0v) is 10.7. The Balaban J connectivity index is 1.86. The number of para-hydroxylation sites is 1. The first kappa shape index (κ1) is 13.2. The van der Waals surface area contributed by atoms with E-state index >= 15 is 0 Å². The van der Waals surface area contributed by atoms with Crippen molar-refractivity contribution in [1.82, 2.24) is 15.1 Å². The molecule has 0 spiro atoms. The standard InChI is InChI=1S/C13H16N4O2/c1-16-12(7-9-15-16)6-8-14-10-11-4-2-3-5-13(11)17(18)19/h2-5,7,9,14H,6,8,10H2,1H3. The van der Waals surface area contributed by atoms with Crippen LogP contribution in [-0.2, 0) is 20.0 Å². The fourth-order valence-electron chi connectivity index (χ4n) is 1.92. The van der Waals surface area contributed by atoms with Crippen molar-refractivity contribution in [2.24, 2.45) is 7.05 Å². The Hall–Kier alpha value is -2.21. The Bertz CT molecular complexity index is 565. The molecule has 0 aliphatic rings. The quantitative estimate of drug-likeness (QED) is 0.487. The number of aryl methyl sites for hydroxylation is 1. The third-order valence-corrected chi connectivity index (χ3v) is 2.98. The minimum Gasteiger partial charge on any atom is -0.312 e. The molecule has 1 aromatic carbocycles. The van der Waals surface area contributed by atoms with Crippen molar-refractivity contribution in [3.8, 4) is 0 Å². The molecule has 0 aliphatic carbocycles. The van der Waals surface area contributed by atoms with Crippen LogP contribution in [0, 0.1) is 10.1 Å². The molecule has 0 radical (unpaired) electrons. The Labute approximate surface area is 111 Å². The topological polar surface area (TPSA) is 73.0 Å². The van der Waals surface area contributed by atoms with Crippen LogP contribution in [0.25, 0.3) is 0 Å². The van der Waals surface area contributed by atoms with E-state index in [1.165, 1.54) is 6.07 Å². The lowest BCUT2D eigenvalue weighted by Crippen LogP contribution is -2.18. The van der Waals surface area contributed by atoms with Gasteiger partial charge in [-0.15, -0.1) is 0 Å². The van der Waals surface area contributed by atoms with Gasteiger partial charge in [0.25, 0.3) is 5.69 Å². The third-order valence-electron chi connectivity index (χ3n) is 2.98. The molecule has 19 heavy (non-hydrogen) atoms. The van der Waals surface area contributed by atoms with Gasteiger partial charge in [0.15, 0.2) is 0 Å². The molecular weight excluding hydrogens is 244 g/mol. The Morgan fingerprint density at radius 1 is 1.37 bits per heavy atom. The van der Waals surface area contributed by atoms with E-state index in [1.807, 2.05) is 23.9 Å². The van der Waals surface area contributed by atoms with E-state index in [4.69, 9.17) is 0 Å². The summed E-state index contributed by atoms with van der Waals surface area (Å²) in [5.74, 6) is 0. The molecule has 0 saturated heterocycles. The summed E-state index contributed by atoms with van der Waals surface area (Å²) in [7, 11) is 1.90. The SMILES string of the molecule is Cn1nccc1CCNCc1ccccc1[N+](=O)[O-]. The van der Waals surface area contributed by atoms with Gasteiger partial charge in [-0.2, -0.15) is 5.10 Å². The number of nitrogens with zero attached hydrogens (tertiary/aromatic N) is 3. The van der Waals surface area contributed by atoms with Crippen molar-refractivity contribution in [2.75, 3.05) is 6.54 Å². The second kappa shape index (κ2) is 6.10. The summed E-state index contributed by atoms with van der Waals surface area (Å²) >= 11 is 0. The number of hydrogen-bond acceptors (Lipinski definition) is 4. The van der Waals surface area contributed by atoms with Gasteiger partial charge in [-0.05, 0) is 6.07 Å². The van der Waals surface area contributed by atoms with Crippen LogP contribution in [0.1, 0.15) is 11.3 Å². The first-order chi connectivity index (χ1) is 9.18. The van der Waals surface area contributed by atoms with Crippen molar-refractivity contribution in [1.29, 1.82) is 0 Å². The molecule has 1 heterocycles. The monoisotopic (exact) mass is 260 g/mol. The molecule has 0 amide bonds. The minimum absolute atomic E-state index is 0.163. The molecule has 1 aromatic heterocycles. The lowest BCUT2D eigenvalue weighted by Gasteiger charge is -2.06. The Morgan fingerprint density at radius 2 is 2.16 bits per heavy atom. The lowest BCUT2D eigenvalue weighted by molar-refractivity contribution is -0.385. The van der Waals surface area contributed by atoms with Crippen LogP contribution in [0.2, 0.25) is 0 Å². The van der Waals surface area contributed by atoms with Crippen LogP contribution in [0.3, 0.4) is 0 Å². The van der Waals surface area contributed by atoms with Gasteiger partial charge >= 0.3 is 0 Å². The maximum absolute atomic E-state index is 10.9. The molecule has 0 fully saturated rings. The molecule has 0 saturated carbocycles. The Kier molecular flexibility index (Phi) is 4.25. The van der Waals surface area contributed by atoms with Crippen molar-refractivity contribution < 1.29 is 4.92 Å². The molecule has 0 bridgehead atoms. The van der Waals surface area contributed by atoms with Crippen LogP contribution >= 0.6 is 0 Å². The molecule has 1 N–H and O–H groups in total. The van der Waals surface area contributed by atoms with Gasteiger partial charge in [-0.3, -0.25) is 14.8 Å². The van der Waals surface area contributed by atoms with Gasteiger partial charge in [-0.25, -0.2) is 0 Å².